The Balaban J connectivity index is 1.38. The van der Waals surface area contributed by atoms with Gasteiger partial charge in [0, 0.05) is 55.2 Å². The molecule has 3 heterocycles. The van der Waals surface area contributed by atoms with E-state index in [1.54, 1.807) is 0 Å². The number of nitrogens with zero attached hydrogens (tertiary/aromatic N) is 3. The zero-order chi connectivity index (χ0) is 18.8. The van der Waals surface area contributed by atoms with Crippen molar-refractivity contribution in [2.24, 2.45) is 0 Å². The second-order valence-electron chi connectivity index (χ2n) is 6.98. The highest BCUT2D eigenvalue weighted by atomic mass is 35.5. The van der Waals surface area contributed by atoms with E-state index in [1.165, 1.54) is 22.5 Å². The van der Waals surface area contributed by atoms with Crippen molar-refractivity contribution in [1.29, 1.82) is 0 Å². The van der Waals surface area contributed by atoms with E-state index in [1.807, 2.05) is 29.4 Å². The molecule has 3 aromatic rings. The number of hydrogen-bond donors (Lipinski definition) is 0. The van der Waals surface area contributed by atoms with Crippen LogP contribution in [0.4, 0.5) is 0 Å². The molecule has 1 aromatic carbocycles. The molecular weight excluding hydrogens is 378 g/mol. The van der Waals surface area contributed by atoms with Crippen LogP contribution in [0.5, 0.6) is 0 Å². The molecule has 0 radical (unpaired) electrons. The maximum atomic E-state index is 13.0. The number of amides is 1. The average Bonchev–Trinajstić information content (AvgIpc) is 3.02. The Morgan fingerprint density at radius 2 is 1.89 bits per heavy atom. The highest BCUT2D eigenvalue weighted by molar-refractivity contribution is 7.21. The maximum Gasteiger partial charge on any atom is 0.265 e. The molecule has 1 aliphatic heterocycles. The SMILES string of the molecule is Cc1ccc2c(Cl)c(C(=O)N3CCN(CCc4ccncc4)CC3)sc2c1. The minimum atomic E-state index is 0.0626. The second-order valence-corrected chi connectivity index (χ2v) is 8.41. The Kier molecular flexibility index (Phi) is 5.43. The van der Waals surface area contributed by atoms with Gasteiger partial charge >= 0.3 is 0 Å². The smallest absolute Gasteiger partial charge is 0.265 e. The van der Waals surface area contributed by atoms with Crippen LogP contribution < -0.4 is 0 Å². The highest BCUT2D eigenvalue weighted by Crippen LogP contribution is 2.36. The molecule has 0 bridgehead atoms. The van der Waals surface area contributed by atoms with Crippen LogP contribution in [0.1, 0.15) is 20.8 Å². The topological polar surface area (TPSA) is 36.4 Å². The van der Waals surface area contributed by atoms with E-state index in [9.17, 15) is 4.79 Å². The van der Waals surface area contributed by atoms with Gasteiger partial charge in [-0.15, -0.1) is 11.3 Å². The largest absolute Gasteiger partial charge is 0.335 e. The number of aryl methyl sites for hydroxylation is 1. The third-order valence-electron chi connectivity index (χ3n) is 5.10. The van der Waals surface area contributed by atoms with Gasteiger partial charge < -0.3 is 4.90 Å². The van der Waals surface area contributed by atoms with Gasteiger partial charge in [0.25, 0.3) is 5.91 Å². The van der Waals surface area contributed by atoms with Crippen molar-refractivity contribution >= 4 is 38.9 Å². The second kappa shape index (κ2) is 7.97. The number of hydrogen-bond acceptors (Lipinski definition) is 4. The highest BCUT2D eigenvalue weighted by Gasteiger charge is 2.26. The molecule has 27 heavy (non-hydrogen) atoms. The standard InChI is InChI=1S/C21H22ClN3OS/c1-15-2-3-17-18(14-15)27-20(19(17)22)21(26)25-12-10-24(11-13-25)9-6-16-4-7-23-8-5-16/h2-5,7-8,14H,6,9-13H2,1H3. The fourth-order valence-electron chi connectivity index (χ4n) is 3.46. The normalized spacial score (nSPS) is 15.4. The summed E-state index contributed by atoms with van der Waals surface area (Å²) in [5.74, 6) is 0.0626. The van der Waals surface area contributed by atoms with Crippen LogP contribution in [0.3, 0.4) is 0 Å². The molecule has 6 heteroatoms. The summed E-state index contributed by atoms with van der Waals surface area (Å²) in [6.45, 7) is 6.36. The first kappa shape index (κ1) is 18.4. The van der Waals surface area contributed by atoms with Crippen molar-refractivity contribution in [2.75, 3.05) is 32.7 Å². The molecular formula is C21H22ClN3OS. The summed E-state index contributed by atoms with van der Waals surface area (Å²) in [5.41, 5.74) is 2.48. The van der Waals surface area contributed by atoms with Crippen LogP contribution in [-0.2, 0) is 6.42 Å². The van der Waals surface area contributed by atoms with E-state index in [0.29, 0.717) is 9.90 Å². The maximum absolute atomic E-state index is 13.0. The molecule has 1 aliphatic rings. The number of carbonyl (C=O) groups is 1. The van der Waals surface area contributed by atoms with Crippen LogP contribution in [0, 0.1) is 6.92 Å². The van der Waals surface area contributed by atoms with Gasteiger partial charge in [-0.25, -0.2) is 0 Å². The van der Waals surface area contributed by atoms with Crippen LogP contribution in [0.15, 0.2) is 42.7 Å². The lowest BCUT2D eigenvalue weighted by Crippen LogP contribution is -2.49. The molecule has 1 amide bonds. The molecule has 4 nitrogen and oxygen atoms in total. The summed E-state index contributed by atoms with van der Waals surface area (Å²) in [5, 5.41) is 1.58. The van der Waals surface area contributed by atoms with Crippen LogP contribution in [-0.4, -0.2) is 53.4 Å². The summed E-state index contributed by atoms with van der Waals surface area (Å²) in [6.07, 6.45) is 4.68. The van der Waals surface area contributed by atoms with Gasteiger partial charge in [0.05, 0.1) is 5.02 Å². The number of thiophene rings is 1. The lowest BCUT2D eigenvalue weighted by atomic mass is 10.2. The number of halogens is 1. The summed E-state index contributed by atoms with van der Waals surface area (Å²) in [7, 11) is 0. The van der Waals surface area contributed by atoms with Crippen LogP contribution >= 0.6 is 22.9 Å². The van der Waals surface area contributed by atoms with Gasteiger partial charge in [-0.2, -0.15) is 0 Å². The first-order valence-electron chi connectivity index (χ1n) is 9.21. The van der Waals surface area contributed by atoms with Crippen molar-refractivity contribution < 1.29 is 4.79 Å². The van der Waals surface area contributed by atoms with Gasteiger partial charge in [-0.05, 0) is 42.7 Å². The molecule has 1 fully saturated rings. The number of fused-ring (bicyclic) bond motifs is 1. The Bertz CT molecular complexity index is 949. The van der Waals surface area contributed by atoms with E-state index in [0.717, 1.165) is 49.2 Å². The van der Waals surface area contributed by atoms with E-state index in [-0.39, 0.29) is 5.91 Å². The van der Waals surface area contributed by atoms with Crippen LogP contribution in [0.25, 0.3) is 10.1 Å². The molecule has 0 spiro atoms. The third kappa shape index (κ3) is 4.00. The van der Waals surface area contributed by atoms with E-state index < -0.39 is 0 Å². The van der Waals surface area contributed by atoms with Crippen molar-refractivity contribution in [1.82, 2.24) is 14.8 Å². The van der Waals surface area contributed by atoms with E-state index in [4.69, 9.17) is 11.6 Å². The molecule has 0 unspecified atom stereocenters. The van der Waals surface area contributed by atoms with E-state index >= 15 is 0 Å². The van der Waals surface area contributed by atoms with Gasteiger partial charge in [0.1, 0.15) is 4.88 Å². The molecule has 4 rings (SSSR count). The fourth-order valence-corrected chi connectivity index (χ4v) is 5.04. The predicted molar refractivity (Wildman–Crippen MR) is 112 cm³/mol. The summed E-state index contributed by atoms with van der Waals surface area (Å²) >= 11 is 8.02. The summed E-state index contributed by atoms with van der Waals surface area (Å²) in [6, 6.07) is 10.3. The zero-order valence-electron chi connectivity index (χ0n) is 15.3. The zero-order valence-corrected chi connectivity index (χ0v) is 16.9. The van der Waals surface area contributed by atoms with Crippen molar-refractivity contribution in [3.05, 3.63) is 63.8 Å². The molecule has 2 aromatic heterocycles. The lowest BCUT2D eigenvalue weighted by molar-refractivity contribution is 0.0643. The fraction of sp³-hybridized carbons (Fsp3) is 0.333. The molecule has 1 saturated heterocycles. The van der Waals surface area contributed by atoms with Crippen LogP contribution in [0.2, 0.25) is 5.02 Å². The first-order valence-corrected chi connectivity index (χ1v) is 10.4. The molecule has 0 atom stereocenters. The van der Waals surface area contributed by atoms with Gasteiger partial charge in [0.2, 0.25) is 0 Å². The number of piperazine rings is 1. The Labute approximate surface area is 168 Å². The Hall–Kier alpha value is -1.95. The summed E-state index contributed by atoms with van der Waals surface area (Å²) < 4.78 is 1.08. The van der Waals surface area contributed by atoms with Gasteiger partial charge in [-0.1, -0.05) is 23.7 Å². The quantitative estimate of drug-likeness (QED) is 0.657. The molecule has 0 aliphatic carbocycles. The van der Waals surface area contributed by atoms with Crippen molar-refractivity contribution in [2.45, 2.75) is 13.3 Å². The minimum absolute atomic E-state index is 0.0626. The lowest BCUT2D eigenvalue weighted by Gasteiger charge is -2.34. The first-order chi connectivity index (χ1) is 13.1. The van der Waals surface area contributed by atoms with Gasteiger partial charge in [0.15, 0.2) is 0 Å². The number of benzene rings is 1. The number of pyridine rings is 1. The monoisotopic (exact) mass is 399 g/mol. The van der Waals surface area contributed by atoms with Gasteiger partial charge in [-0.3, -0.25) is 14.7 Å². The number of aromatic nitrogens is 1. The third-order valence-corrected chi connectivity index (χ3v) is 6.75. The van der Waals surface area contributed by atoms with Crippen molar-refractivity contribution in [3.63, 3.8) is 0 Å². The summed E-state index contributed by atoms with van der Waals surface area (Å²) in [4.78, 5) is 22.1. The number of carbonyl (C=O) groups excluding carboxylic acids is 1. The Morgan fingerprint density at radius 1 is 1.15 bits per heavy atom. The van der Waals surface area contributed by atoms with Crippen molar-refractivity contribution in [3.8, 4) is 0 Å². The Morgan fingerprint density at radius 3 is 2.63 bits per heavy atom. The number of rotatable bonds is 4. The average molecular weight is 400 g/mol. The molecule has 140 valence electrons. The predicted octanol–water partition coefficient (Wildman–Crippen LogP) is 4.26. The minimum Gasteiger partial charge on any atom is -0.335 e. The molecule has 0 N–H and O–H groups in total. The van der Waals surface area contributed by atoms with E-state index in [2.05, 4.69) is 35.0 Å². The molecule has 0 saturated carbocycles.